The van der Waals surface area contributed by atoms with Crippen molar-refractivity contribution in [1.29, 1.82) is 0 Å². The predicted molar refractivity (Wildman–Crippen MR) is 135 cm³/mol. The second kappa shape index (κ2) is 9.96. The third kappa shape index (κ3) is 4.85. The quantitative estimate of drug-likeness (QED) is 0.346. The van der Waals surface area contributed by atoms with Crippen molar-refractivity contribution in [3.8, 4) is 0 Å². The van der Waals surface area contributed by atoms with Gasteiger partial charge in [0.25, 0.3) is 0 Å². The Morgan fingerprint density at radius 3 is 1.18 bits per heavy atom. The molecule has 2 atom stereocenters. The van der Waals surface area contributed by atoms with Gasteiger partial charge in [0.15, 0.2) is 0 Å². The Balaban J connectivity index is 1.55. The lowest BCUT2D eigenvalue weighted by Gasteiger charge is -2.26. The van der Waals surface area contributed by atoms with Gasteiger partial charge >= 0.3 is 0 Å². The molecule has 0 saturated carbocycles. The van der Waals surface area contributed by atoms with E-state index in [1.54, 1.807) is 0 Å². The molecule has 1 aliphatic rings. The molecular formula is C29H26N4. The van der Waals surface area contributed by atoms with Gasteiger partial charge in [-0.3, -0.25) is 10.0 Å². The number of hydrazone groups is 2. The molecule has 0 unspecified atom stereocenters. The van der Waals surface area contributed by atoms with Crippen LogP contribution >= 0.6 is 0 Å². The molecule has 0 N–H and O–H groups in total. The van der Waals surface area contributed by atoms with Crippen molar-refractivity contribution in [3.05, 3.63) is 144 Å². The molecule has 162 valence electrons. The molecule has 0 bridgehead atoms. The van der Waals surface area contributed by atoms with Crippen molar-refractivity contribution in [2.45, 2.75) is 12.1 Å². The van der Waals surface area contributed by atoms with Gasteiger partial charge in [-0.2, -0.15) is 10.2 Å². The summed E-state index contributed by atoms with van der Waals surface area (Å²) < 4.78 is 0. The standard InChI is InChI=1S/C29H26N4/c1-5-13-24(14-6-1)21-30-32-23-33(31-22-25-15-7-2-8-16-25)29(27-19-11-4-12-20-27)28(32)26-17-9-3-10-18-26/h1-22,28-29H,23H2/b30-21-,31-22-/t28-,29+. The smallest absolute Gasteiger partial charge is 0.125 e. The van der Waals surface area contributed by atoms with Gasteiger partial charge in [-0.15, -0.1) is 0 Å². The molecule has 1 heterocycles. The molecule has 0 radical (unpaired) electrons. The van der Waals surface area contributed by atoms with Crippen LogP contribution in [0.25, 0.3) is 0 Å². The van der Waals surface area contributed by atoms with Crippen LogP contribution in [0.1, 0.15) is 34.3 Å². The lowest BCUT2D eigenvalue weighted by atomic mass is 9.94. The van der Waals surface area contributed by atoms with Crippen LogP contribution in [0.15, 0.2) is 132 Å². The Kier molecular flexibility index (Phi) is 6.25. The number of nitrogens with zero attached hydrogens (tertiary/aromatic N) is 4. The Bertz CT molecular complexity index is 1090. The van der Waals surface area contributed by atoms with E-state index in [1.165, 1.54) is 11.1 Å². The van der Waals surface area contributed by atoms with Crippen molar-refractivity contribution < 1.29 is 0 Å². The lowest BCUT2D eigenvalue weighted by molar-refractivity contribution is 0.233. The first kappa shape index (κ1) is 20.7. The second-order valence-electron chi connectivity index (χ2n) is 8.04. The average molecular weight is 431 g/mol. The van der Waals surface area contributed by atoms with Crippen LogP contribution in [-0.4, -0.2) is 29.1 Å². The minimum Gasteiger partial charge on any atom is -0.266 e. The van der Waals surface area contributed by atoms with Crippen LogP contribution in [-0.2, 0) is 0 Å². The summed E-state index contributed by atoms with van der Waals surface area (Å²) in [6.45, 7) is 0.589. The number of hydrogen-bond acceptors (Lipinski definition) is 4. The molecule has 4 heteroatoms. The average Bonchev–Trinajstić information content (AvgIpc) is 3.27. The maximum atomic E-state index is 4.93. The van der Waals surface area contributed by atoms with Gasteiger partial charge in [-0.1, -0.05) is 121 Å². The summed E-state index contributed by atoms with van der Waals surface area (Å²) in [6, 6.07) is 41.7. The third-order valence-corrected chi connectivity index (χ3v) is 5.82. The van der Waals surface area contributed by atoms with Gasteiger partial charge in [-0.05, 0) is 22.3 Å². The summed E-state index contributed by atoms with van der Waals surface area (Å²) in [7, 11) is 0. The normalized spacial score (nSPS) is 18.4. The molecular weight excluding hydrogens is 404 g/mol. The van der Waals surface area contributed by atoms with Crippen molar-refractivity contribution in [2.24, 2.45) is 10.2 Å². The van der Waals surface area contributed by atoms with Crippen LogP contribution in [0.2, 0.25) is 0 Å². The molecule has 4 aromatic carbocycles. The van der Waals surface area contributed by atoms with Crippen molar-refractivity contribution >= 4 is 12.4 Å². The van der Waals surface area contributed by atoms with Crippen LogP contribution in [0.4, 0.5) is 0 Å². The first-order valence-electron chi connectivity index (χ1n) is 11.2. The Morgan fingerprint density at radius 2 is 0.818 bits per heavy atom. The summed E-state index contributed by atoms with van der Waals surface area (Å²) >= 11 is 0. The summed E-state index contributed by atoms with van der Waals surface area (Å²) in [6.07, 6.45) is 3.87. The highest BCUT2D eigenvalue weighted by atomic mass is 15.7. The van der Waals surface area contributed by atoms with E-state index >= 15 is 0 Å². The fraction of sp³-hybridized carbons (Fsp3) is 0.103. The summed E-state index contributed by atoms with van der Waals surface area (Å²) in [4.78, 5) is 0. The highest BCUT2D eigenvalue weighted by Gasteiger charge is 2.41. The molecule has 0 spiro atoms. The maximum absolute atomic E-state index is 4.93. The van der Waals surface area contributed by atoms with Gasteiger partial charge in [0.1, 0.15) is 18.8 Å². The fourth-order valence-corrected chi connectivity index (χ4v) is 4.24. The van der Waals surface area contributed by atoms with Crippen LogP contribution in [0.5, 0.6) is 0 Å². The van der Waals surface area contributed by atoms with Crippen molar-refractivity contribution in [2.75, 3.05) is 6.67 Å². The fourth-order valence-electron chi connectivity index (χ4n) is 4.24. The minimum atomic E-state index is 0.0292. The second-order valence-corrected chi connectivity index (χ2v) is 8.04. The highest BCUT2D eigenvalue weighted by molar-refractivity contribution is 5.79. The van der Waals surface area contributed by atoms with E-state index in [4.69, 9.17) is 10.2 Å². The number of hydrogen-bond donors (Lipinski definition) is 0. The number of benzene rings is 4. The first-order chi connectivity index (χ1) is 16.4. The van der Waals surface area contributed by atoms with Crippen molar-refractivity contribution in [3.63, 3.8) is 0 Å². The molecule has 0 aliphatic carbocycles. The van der Waals surface area contributed by atoms with Gasteiger partial charge in [0.05, 0.1) is 12.4 Å². The molecule has 33 heavy (non-hydrogen) atoms. The van der Waals surface area contributed by atoms with E-state index in [0.29, 0.717) is 6.67 Å². The zero-order valence-electron chi connectivity index (χ0n) is 18.4. The molecule has 4 aromatic rings. The van der Waals surface area contributed by atoms with Gasteiger partial charge in [-0.25, -0.2) is 0 Å². The van der Waals surface area contributed by atoms with E-state index < -0.39 is 0 Å². The lowest BCUT2D eigenvalue weighted by Crippen LogP contribution is -2.20. The van der Waals surface area contributed by atoms with Gasteiger partial charge in [0.2, 0.25) is 0 Å². The summed E-state index contributed by atoms with van der Waals surface area (Å²) in [5, 5.41) is 14.1. The largest absolute Gasteiger partial charge is 0.266 e. The zero-order chi connectivity index (χ0) is 22.3. The van der Waals surface area contributed by atoms with Crippen molar-refractivity contribution in [1.82, 2.24) is 10.0 Å². The monoisotopic (exact) mass is 430 g/mol. The van der Waals surface area contributed by atoms with E-state index in [9.17, 15) is 0 Å². The predicted octanol–water partition coefficient (Wildman–Crippen LogP) is 6.11. The van der Waals surface area contributed by atoms with Gasteiger partial charge < -0.3 is 0 Å². The van der Waals surface area contributed by atoms with Crippen LogP contribution < -0.4 is 0 Å². The van der Waals surface area contributed by atoms with E-state index in [1.807, 2.05) is 48.8 Å². The third-order valence-electron chi connectivity index (χ3n) is 5.82. The topological polar surface area (TPSA) is 31.2 Å². The Morgan fingerprint density at radius 1 is 0.485 bits per heavy atom. The molecule has 4 nitrogen and oxygen atoms in total. The Hall–Kier alpha value is -4.18. The summed E-state index contributed by atoms with van der Waals surface area (Å²) in [5.41, 5.74) is 4.58. The van der Waals surface area contributed by atoms with Crippen LogP contribution in [0.3, 0.4) is 0 Å². The van der Waals surface area contributed by atoms with Crippen LogP contribution in [0, 0.1) is 0 Å². The first-order valence-corrected chi connectivity index (χ1v) is 11.2. The minimum absolute atomic E-state index is 0.0292. The van der Waals surface area contributed by atoms with E-state index in [2.05, 4.69) is 94.9 Å². The molecule has 5 rings (SSSR count). The number of rotatable bonds is 6. The highest BCUT2D eigenvalue weighted by Crippen LogP contribution is 2.44. The Labute approximate surface area is 195 Å². The molecule has 0 amide bonds. The molecule has 1 fully saturated rings. The molecule has 0 aromatic heterocycles. The maximum Gasteiger partial charge on any atom is 0.125 e. The van der Waals surface area contributed by atoms with E-state index in [0.717, 1.165) is 11.1 Å². The molecule has 1 saturated heterocycles. The van der Waals surface area contributed by atoms with Gasteiger partial charge in [0, 0.05) is 0 Å². The van der Waals surface area contributed by atoms with E-state index in [-0.39, 0.29) is 12.1 Å². The SMILES string of the molecule is C(=N/N1CN(/N=C\c2ccccc2)[C@@H](c2ccccc2)[C@H]1c1ccccc1)/c1ccccc1. The summed E-state index contributed by atoms with van der Waals surface area (Å²) in [5.74, 6) is 0. The zero-order valence-corrected chi connectivity index (χ0v) is 18.4. The molecule has 1 aliphatic heterocycles.